The lowest BCUT2D eigenvalue weighted by molar-refractivity contribution is -0.153. The van der Waals surface area contributed by atoms with E-state index in [1.165, 1.54) is 0 Å². The van der Waals surface area contributed by atoms with Gasteiger partial charge in [-0.2, -0.15) is 0 Å². The lowest BCUT2D eigenvalue weighted by atomic mass is 10.1. The summed E-state index contributed by atoms with van der Waals surface area (Å²) < 4.78 is 4.41. The highest BCUT2D eigenvalue weighted by Gasteiger charge is 2.22. The van der Waals surface area contributed by atoms with Crippen molar-refractivity contribution in [3.05, 3.63) is 12.7 Å². The Bertz CT molecular complexity index is 257. The normalized spacial score (nSPS) is 11.4. The second kappa shape index (κ2) is 5.74. The second-order valence-corrected chi connectivity index (χ2v) is 2.47. The summed E-state index contributed by atoms with van der Waals surface area (Å²) in [5.41, 5.74) is 0. The molecule has 0 aromatic heterocycles. The zero-order valence-electron chi connectivity index (χ0n) is 7.30. The monoisotopic (exact) mass is 202 g/mol. The number of carboxylic acid groups (broad SMARTS) is 2. The Morgan fingerprint density at radius 3 is 2.29 bits per heavy atom. The topological polar surface area (TPSA) is 101 Å². The molecule has 0 aromatic rings. The molecule has 0 fully saturated rings. The van der Waals surface area contributed by atoms with Crippen molar-refractivity contribution in [1.82, 2.24) is 0 Å². The van der Waals surface area contributed by atoms with Gasteiger partial charge >= 0.3 is 17.9 Å². The number of esters is 1. The fraction of sp³-hybridized carbons (Fsp3) is 0.375. The van der Waals surface area contributed by atoms with Gasteiger partial charge in [0.15, 0.2) is 0 Å². The lowest BCUT2D eigenvalue weighted by Crippen LogP contribution is -2.24. The number of hydrogen-bond acceptors (Lipinski definition) is 4. The zero-order chi connectivity index (χ0) is 11.1. The van der Waals surface area contributed by atoms with Crippen molar-refractivity contribution in [3.63, 3.8) is 0 Å². The standard InChI is InChI=1S/C8H10O6/c1-2-7(11)14-4-5(8(12)13)3-6(9)10/h2,5H,1,3-4H2,(H,9,10)(H,12,13). The first-order chi connectivity index (χ1) is 6.47. The highest BCUT2D eigenvalue weighted by molar-refractivity contribution is 5.82. The minimum Gasteiger partial charge on any atom is -0.481 e. The highest BCUT2D eigenvalue weighted by Crippen LogP contribution is 2.04. The van der Waals surface area contributed by atoms with Crippen molar-refractivity contribution < 1.29 is 29.3 Å². The molecule has 0 aromatic carbocycles. The van der Waals surface area contributed by atoms with Gasteiger partial charge in [0.1, 0.15) is 12.5 Å². The molecule has 0 radical (unpaired) electrons. The first-order valence-electron chi connectivity index (χ1n) is 3.71. The van der Waals surface area contributed by atoms with Gasteiger partial charge in [-0.3, -0.25) is 9.59 Å². The quantitative estimate of drug-likeness (QED) is 0.460. The second-order valence-electron chi connectivity index (χ2n) is 2.47. The number of hydrogen-bond donors (Lipinski definition) is 2. The van der Waals surface area contributed by atoms with Crippen LogP contribution in [0.5, 0.6) is 0 Å². The summed E-state index contributed by atoms with van der Waals surface area (Å²) in [6, 6.07) is 0. The van der Waals surface area contributed by atoms with E-state index in [9.17, 15) is 14.4 Å². The van der Waals surface area contributed by atoms with Gasteiger partial charge < -0.3 is 14.9 Å². The Morgan fingerprint density at radius 1 is 1.36 bits per heavy atom. The third-order valence-electron chi connectivity index (χ3n) is 1.36. The van der Waals surface area contributed by atoms with Gasteiger partial charge in [0, 0.05) is 6.08 Å². The van der Waals surface area contributed by atoms with Crippen LogP contribution >= 0.6 is 0 Å². The SMILES string of the molecule is C=CC(=O)OCC(CC(=O)O)C(=O)O. The van der Waals surface area contributed by atoms with Crippen molar-refractivity contribution in [3.8, 4) is 0 Å². The Balaban J connectivity index is 4.10. The number of carboxylic acids is 2. The molecular weight excluding hydrogens is 192 g/mol. The van der Waals surface area contributed by atoms with Gasteiger partial charge in [0.25, 0.3) is 0 Å². The van der Waals surface area contributed by atoms with Gasteiger partial charge in [0.05, 0.1) is 6.42 Å². The first kappa shape index (κ1) is 12.2. The van der Waals surface area contributed by atoms with E-state index < -0.39 is 36.9 Å². The summed E-state index contributed by atoms with van der Waals surface area (Å²) in [6.07, 6.45) is 0.291. The maximum atomic E-state index is 10.5. The van der Waals surface area contributed by atoms with E-state index >= 15 is 0 Å². The Labute approximate surface area is 79.8 Å². The summed E-state index contributed by atoms with van der Waals surface area (Å²) in [6.45, 7) is 2.64. The largest absolute Gasteiger partial charge is 0.481 e. The molecule has 0 aliphatic heterocycles. The van der Waals surface area contributed by atoms with Crippen LogP contribution in [0.4, 0.5) is 0 Å². The van der Waals surface area contributed by atoms with E-state index in [0.717, 1.165) is 6.08 Å². The third-order valence-corrected chi connectivity index (χ3v) is 1.36. The zero-order valence-corrected chi connectivity index (χ0v) is 7.30. The van der Waals surface area contributed by atoms with E-state index in [-0.39, 0.29) is 0 Å². The van der Waals surface area contributed by atoms with Crippen LogP contribution in [0.25, 0.3) is 0 Å². The molecule has 1 unspecified atom stereocenters. The fourth-order valence-electron chi connectivity index (χ4n) is 0.670. The van der Waals surface area contributed by atoms with E-state index in [1.807, 2.05) is 0 Å². The fourth-order valence-corrected chi connectivity index (χ4v) is 0.670. The number of ether oxygens (including phenoxy) is 1. The molecule has 1 atom stereocenters. The number of carbonyl (C=O) groups is 3. The molecule has 2 N–H and O–H groups in total. The lowest BCUT2D eigenvalue weighted by Gasteiger charge is -2.08. The smallest absolute Gasteiger partial charge is 0.330 e. The molecule has 6 nitrogen and oxygen atoms in total. The van der Waals surface area contributed by atoms with Crippen LogP contribution < -0.4 is 0 Å². The average Bonchev–Trinajstić information content (AvgIpc) is 2.10. The van der Waals surface area contributed by atoms with Gasteiger partial charge in [-0.15, -0.1) is 0 Å². The van der Waals surface area contributed by atoms with Crippen LogP contribution in [0.1, 0.15) is 6.42 Å². The predicted octanol–water partition coefficient (Wildman–Crippen LogP) is -0.109. The Morgan fingerprint density at radius 2 is 1.93 bits per heavy atom. The van der Waals surface area contributed by atoms with Crippen molar-refractivity contribution >= 4 is 17.9 Å². The van der Waals surface area contributed by atoms with Crippen LogP contribution in [0.15, 0.2) is 12.7 Å². The maximum Gasteiger partial charge on any atom is 0.330 e. The van der Waals surface area contributed by atoms with Crippen LogP contribution in [0, 0.1) is 5.92 Å². The molecule has 0 saturated carbocycles. The molecule has 0 spiro atoms. The van der Waals surface area contributed by atoms with Crippen molar-refractivity contribution in [2.75, 3.05) is 6.61 Å². The molecule has 78 valence electrons. The molecule has 0 heterocycles. The molecule has 0 saturated heterocycles. The molecule has 0 rings (SSSR count). The summed E-state index contributed by atoms with van der Waals surface area (Å²) in [5.74, 6) is -4.57. The Hall–Kier alpha value is -1.85. The minimum atomic E-state index is -1.32. The number of carbonyl (C=O) groups excluding carboxylic acids is 1. The highest BCUT2D eigenvalue weighted by atomic mass is 16.5. The third kappa shape index (κ3) is 4.91. The van der Waals surface area contributed by atoms with Crippen molar-refractivity contribution in [2.24, 2.45) is 5.92 Å². The van der Waals surface area contributed by atoms with Gasteiger partial charge in [-0.05, 0) is 0 Å². The average molecular weight is 202 g/mol. The summed E-state index contributed by atoms with van der Waals surface area (Å²) in [7, 11) is 0. The minimum absolute atomic E-state index is 0.466. The molecule has 0 amide bonds. The number of aliphatic carboxylic acids is 2. The van der Waals surface area contributed by atoms with Crippen LogP contribution in [0.3, 0.4) is 0 Å². The van der Waals surface area contributed by atoms with Crippen LogP contribution in [-0.2, 0) is 19.1 Å². The van der Waals surface area contributed by atoms with E-state index in [0.29, 0.717) is 0 Å². The van der Waals surface area contributed by atoms with Gasteiger partial charge in [-0.25, -0.2) is 4.79 Å². The van der Waals surface area contributed by atoms with Crippen molar-refractivity contribution in [1.29, 1.82) is 0 Å². The number of rotatable bonds is 6. The van der Waals surface area contributed by atoms with Crippen molar-refractivity contribution in [2.45, 2.75) is 6.42 Å². The molecule has 0 aliphatic carbocycles. The molecule has 0 bridgehead atoms. The molecule has 6 heteroatoms. The van der Waals surface area contributed by atoms with Crippen LogP contribution in [-0.4, -0.2) is 34.7 Å². The van der Waals surface area contributed by atoms with Crippen LogP contribution in [0.2, 0.25) is 0 Å². The predicted molar refractivity (Wildman–Crippen MR) is 44.5 cm³/mol. The van der Waals surface area contributed by atoms with E-state index in [1.54, 1.807) is 0 Å². The molecule has 14 heavy (non-hydrogen) atoms. The summed E-state index contributed by atoms with van der Waals surface area (Å²) in [5, 5.41) is 16.9. The molecular formula is C8H10O6. The maximum absolute atomic E-state index is 10.5. The van der Waals surface area contributed by atoms with E-state index in [4.69, 9.17) is 10.2 Å². The summed E-state index contributed by atoms with van der Waals surface area (Å²) in [4.78, 5) is 31.2. The Kier molecular flexibility index (Phi) is 4.98. The first-order valence-corrected chi connectivity index (χ1v) is 3.71. The van der Waals surface area contributed by atoms with Gasteiger partial charge in [0.2, 0.25) is 0 Å². The summed E-state index contributed by atoms with van der Waals surface area (Å²) >= 11 is 0. The van der Waals surface area contributed by atoms with E-state index in [2.05, 4.69) is 11.3 Å². The van der Waals surface area contributed by atoms with Gasteiger partial charge in [-0.1, -0.05) is 6.58 Å². The molecule has 0 aliphatic rings.